The van der Waals surface area contributed by atoms with Crippen molar-refractivity contribution in [1.29, 1.82) is 0 Å². The molecule has 27 heavy (non-hydrogen) atoms. The minimum Gasteiger partial charge on any atom is -0.486 e. The Morgan fingerprint density at radius 3 is 2.41 bits per heavy atom. The molecule has 5 nitrogen and oxygen atoms in total. The third-order valence-electron chi connectivity index (χ3n) is 3.72. The molecule has 2 aromatic rings. The number of carbonyl (C=O) groups is 2. The van der Waals surface area contributed by atoms with Crippen LogP contribution in [0.15, 0.2) is 48.0 Å². The fraction of sp³-hybridized carbons (Fsp3) is 0.200. The molecule has 0 aliphatic carbocycles. The van der Waals surface area contributed by atoms with Crippen molar-refractivity contribution >= 4 is 29.6 Å². The van der Waals surface area contributed by atoms with Crippen LogP contribution in [0.1, 0.15) is 25.0 Å². The Bertz CT molecular complexity index is 914. The third-order valence-corrected chi connectivity index (χ3v) is 4.09. The summed E-state index contributed by atoms with van der Waals surface area (Å²) in [4.78, 5) is 23.9. The van der Waals surface area contributed by atoms with Crippen LogP contribution >= 0.6 is 11.6 Å². The first kappa shape index (κ1) is 18.9. The largest absolute Gasteiger partial charge is 0.486 e. The van der Waals surface area contributed by atoms with Gasteiger partial charge in [0.1, 0.15) is 12.2 Å². The molecule has 1 aliphatic rings. The lowest BCUT2D eigenvalue weighted by molar-refractivity contribution is -0.222. The van der Waals surface area contributed by atoms with E-state index in [0.29, 0.717) is 10.6 Å². The number of esters is 2. The Morgan fingerprint density at radius 2 is 1.78 bits per heavy atom. The van der Waals surface area contributed by atoms with Crippen LogP contribution in [0.2, 0.25) is 5.02 Å². The van der Waals surface area contributed by atoms with Gasteiger partial charge in [0.25, 0.3) is 5.79 Å². The van der Waals surface area contributed by atoms with Gasteiger partial charge in [-0.3, -0.25) is 0 Å². The molecule has 1 heterocycles. The van der Waals surface area contributed by atoms with E-state index >= 15 is 0 Å². The molecular weight excluding hydrogens is 375 g/mol. The van der Waals surface area contributed by atoms with Gasteiger partial charge >= 0.3 is 11.9 Å². The summed E-state index contributed by atoms with van der Waals surface area (Å²) in [5, 5.41) is 0.525. The molecule has 0 saturated carbocycles. The van der Waals surface area contributed by atoms with E-state index in [1.807, 2.05) is 0 Å². The number of hydrogen-bond acceptors (Lipinski definition) is 5. The molecule has 140 valence electrons. The highest BCUT2D eigenvalue weighted by atomic mass is 35.5. The monoisotopic (exact) mass is 390 g/mol. The first-order valence-electron chi connectivity index (χ1n) is 8.09. The van der Waals surface area contributed by atoms with E-state index in [9.17, 15) is 14.0 Å². The Balaban J connectivity index is 1.76. The number of rotatable bonds is 4. The number of hydrogen-bond donors (Lipinski definition) is 0. The molecule has 0 amide bonds. The lowest BCUT2D eigenvalue weighted by Gasteiger charge is -2.29. The van der Waals surface area contributed by atoms with Crippen LogP contribution in [-0.2, 0) is 25.7 Å². The molecule has 2 aromatic carbocycles. The maximum Gasteiger partial charge on any atom is 0.348 e. The lowest BCUT2D eigenvalue weighted by atomic mass is 10.1. The number of halogens is 2. The van der Waals surface area contributed by atoms with Gasteiger partial charge in [0.15, 0.2) is 11.6 Å². The Kier molecular flexibility index (Phi) is 5.19. The summed E-state index contributed by atoms with van der Waals surface area (Å²) < 4.78 is 29.8. The molecule has 0 spiro atoms. The van der Waals surface area contributed by atoms with Crippen molar-refractivity contribution in [2.24, 2.45) is 0 Å². The molecule has 7 heteroatoms. The fourth-order valence-corrected chi connectivity index (χ4v) is 2.63. The quantitative estimate of drug-likeness (QED) is 0.443. The van der Waals surface area contributed by atoms with Crippen LogP contribution in [0, 0.1) is 5.82 Å². The number of ether oxygens (including phenoxy) is 3. The Hall–Kier alpha value is -2.86. The van der Waals surface area contributed by atoms with Crippen LogP contribution in [0.3, 0.4) is 0 Å². The van der Waals surface area contributed by atoms with Crippen LogP contribution < -0.4 is 4.74 Å². The second kappa shape index (κ2) is 7.40. The van der Waals surface area contributed by atoms with Crippen molar-refractivity contribution in [2.45, 2.75) is 26.2 Å². The summed E-state index contributed by atoms with van der Waals surface area (Å²) in [7, 11) is 0. The van der Waals surface area contributed by atoms with Crippen LogP contribution in [0.5, 0.6) is 5.75 Å². The van der Waals surface area contributed by atoms with E-state index in [-0.39, 0.29) is 17.9 Å². The summed E-state index contributed by atoms with van der Waals surface area (Å²) >= 11 is 6.04. The second-order valence-electron chi connectivity index (χ2n) is 6.31. The first-order valence-corrected chi connectivity index (χ1v) is 8.47. The summed E-state index contributed by atoms with van der Waals surface area (Å²) in [6, 6.07) is 11.2. The SMILES string of the molecule is CC1(C)OC(=O)C(=Cc2ccc(OCc3ccccc3Cl)c(F)c2)C(=O)O1. The van der Waals surface area contributed by atoms with Crippen molar-refractivity contribution in [3.8, 4) is 5.75 Å². The maximum atomic E-state index is 14.3. The zero-order chi connectivity index (χ0) is 19.6. The second-order valence-corrected chi connectivity index (χ2v) is 6.71. The average molecular weight is 391 g/mol. The van der Waals surface area contributed by atoms with Crippen LogP contribution in [0.25, 0.3) is 6.08 Å². The molecule has 1 fully saturated rings. The van der Waals surface area contributed by atoms with Crippen molar-refractivity contribution in [3.05, 3.63) is 70.0 Å². The molecule has 0 unspecified atom stereocenters. The van der Waals surface area contributed by atoms with Gasteiger partial charge in [-0.15, -0.1) is 0 Å². The van der Waals surface area contributed by atoms with Gasteiger partial charge in [0, 0.05) is 24.4 Å². The Morgan fingerprint density at radius 1 is 1.11 bits per heavy atom. The zero-order valence-electron chi connectivity index (χ0n) is 14.6. The van der Waals surface area contributed by atoms with Gasteiger partial charge in [-0.1, -0.05) is 35.9 Å². The Labute approximate surface area is 160 Å². The normalized spacial score (nSPS) is 15.8. The van der Waals surface area contributed by atoms with Crippen molar-refractivity contribution in [1.82, 2.24) is 0 Å². The number of benzene rings is 2. The molecule has 0 bridgehead atoms. The summed E-state index contributed by atoms with van der Waals surface area (Å²) in [6.07, 6.45) is 1.21. The highest BCUT2D eigenvalue weighted by Crippen LogP contribution is 2.26. The standard InChI is InChI=1S/C20H16ClFO5/c1-20(2)26-18(23)14(19(24)27-20)9-12-7-8-17(16(22)10-12)25-11-13-5-3-4-6-15(13)21/h3-10H,11H2,1-2H3. The minimum absolute atomic E-state index is 0.0204. The molecule has 3 rings (SSSR count). The van der Waals surface area contributed by atoms with E-state index in [1.165, 1.54) is 32.1 Å². The average Bonchev–Trinajstić information content (AvgIpc) is 2.58. The van der Waals surface area contributed by atoms with E-state index in [2.05, 4.69) is 0 Å². The fourth-order valence-electron chi connectivity index (χ4n) is 2.44. The topological polar surface area (TPSA) is 61.8 Å². The predicted octanol–water partition coefficient (Wildman–Crippen LogP) is 4.28. The van der Waals surface area contributed by atoms with Gasteiger partial charge in [0.05, 0.1) is 0 Å². The molecule has 1 aliphatic heterocycles. The highest BCUT2D eigenvalue weighted by molar-refractivity contribution is 6.31. The van der Waals surface area contributed by atoms with Crippen molar-refractivity contribution in [2.75, 3.05) is 0 Å². The molecule has 0 radical (unpaired) electrons. The van der Waals surface area contributed by atoms with E-state index in [4.69, 9.17) is 25.8 Å². The molecule has 0 N–H and O–H groups in total. The van der Waals surface area contributed by atoms with Gasteiger partial charge in [0.2, 0.25) is 0 Å². The smallest absolute Gasteiger partial charge is 0.348 e. The molecular formula is C20H16ClFO5. The van der Waals surface area contributed by atoms with Gasteiger partial charge < -0.3 is 14.2 Å². The zero-order valence-corrected chi connectivity index (χ0v) is 15.4. The van der Waals surface area contributed by atoms with E-state index in [1.54, 1.807) is 24.3 Å². The molecule has 0 aromatic heterocycles. The first-order chi connectivity index (χ1) is 12.7. The highest BCUT2D eigenvalue weighted by Gasteiger charge is 2.38. The van der Waals surface area contributed by atoms with E-state index in [0.717, 1.165) is 11.6 Å². The third kappa shape index (κ3) is 4.46. The van der Waals surface area contributed by atoms with Crippen LogP contribution in [-0.4, -0.2) is 17.7 Å². The number of carbonyl (C=O) groups excluding carboxylic acids is 2. The lowest BCUT2D eigenvalue weighted by Crippen LogP contribution is -2.41. The molecule has 0 atom stereocenters. The van der Waals surface area contributed by atoms with Crippen molar-refractivity contribution in [3.63, 3.8) is 0 Å². The molecule has 1 saturated heterocycles. The van der Waals surface area contributed by atoms with Gasteiger partial charge in [-0.05, 0) is 29.8 Å². The minimum atomic E-state index is -1.33. The maximum absolute atomic E-state index is 14.3. The summed E-state index contributed by atoms with van der Waals surface area (Å²) in [5.74, 6) is -3.60. The van der Waals surface area contributed by atoms with Gasteiger partial charge in [-0.25, -0.2) is 14.0 Å². The van der Waals surface area contributed by atoms with Crippen LogP contribution in [0.4, 0.5) is 4.39 Å². The predicted molar refractivity (Wildman–Crippen MR) is 96.4 cm³/mol. The number of cyclic esters (lactones) is 2. The summed E-state index contributed by atoms with van der Waals surface area (Å²) in [6.45, 7) is 3.00. The van der Waals surface area contributed by atoms with E-state index < -0.39 is 23.5 Å². The van der Waals surface area contributed by atoms with Crippen molar-refractivity contribution < 1.29 is 28.2 Å². The summed E-state index contributed by atoms with van der Waals surface area (Å²) in [5.41, 5.74) is 0.708. The van der Waals surface area contributed by atoms with Gasteiger partial charge in [-0.2, -0.15) is 0 Å².